The highest BCUT2D eigenvalue weighted by atomic mass is 19.1. The number of hydrogen-bond acceptors (Lipinski definition) is 5. The molecule has 0 amide bonds. The SMILES string of the molecule is COc1cccc(-c2c(C)n(Cc3ccccc3F)c3cnc(CN(C)CCc4ccccn4)n3c2=O)c1. The standard InChI is InChI=1S/C30H30FN5O2/c1-21-29(22-10-8-12-25(17-22)38-3)30(37)36-27(20-34(2)16-14-24-11-6-7-15-32-24)33-18-28(36)35(21)19-23-9-4-5-13-26(23)31/h4-13,15,17-18H,14,16,19-20H2,1-3H3. The number of hydrogen-bond donors (Lipinski definition) is 0. The summed E-state index contributed by atoms with van der Waals surface area (Å²) in [7, 11) is 3.60. The lowest BCUT2D eigenvalue weighted by Crippen LogP contribution is -2.28. The van der Waals surface area contributed by atoms with Gasteiger partial charge in [-0.1, -0.05) is 36.4 Å². The van der Waals surface area contributed by atoms with Gasteiger partial charge >= 0.3 is 0 Å². The van der Waals surface area contributed by atoms with Crippen LogP contribution >= 0.6 is 0 Å². The maximum absolute atomic E-state index is 14.7. The number of pyridine rings is 1. The van der Waals surface area contributed by atoms with Gasteiger partial charge in [-0.05, 0) is 49.9 Å². The Kier molecular flexibility index (Phi) is 7.33. The quantitative estimate of drug-likeness (QED) is 0.286. The molecule has 5 aromatic rings. The van der Waals surface area contributed by atoms with Crippen molar-refractivity contribution in [1.82, 2.24) is 23.8 Å². The molecule has 0 spiro atoms. The van der Waals surface area contributed by atoms with Crippen molar-refractivity contribution in [1.29, 1.82) is 0 Å². The van der Waals surface area contributed by atoms with Crippen LogP contribution in [0, 0.1) is 12.7 Å². The average molecular weight is 512 g/mol. The van der Waals surface area contributed by atoms with Crippen LogP contribution in [0.3, 0.4) is 0 Å². The third kappa shape index (κ3) is 5.08. The molecule has 0 saturated heterocycles. The highest BCUT2D eigenvalue weighted by Crippen LogP contribution is 2.26. The van der Waals surface area contributed by atoms with Crippen LogP contribution in [0.5, 0.6) is 5.75 Å². The lowest BCUT2D eigenvalue weighted by atomic mass is 10.0. The van der Waals surface area contributed by atoms with Gasteiger partial charge in [0, 0.05) is 36.1 Å². The fourth-order valence-corrected chi connectivity index (χ4v) is 4.76. The normalized spacial score (nSPS) is 11.4. The van der Waals surface area contributed by atoms with Gasteiger partial charge in [0.05, 0.1) is 32.0 Å². The average Bonchev–Trinajstić information content (AvgIpc) is 3.35. The van der Waals surface area contributed by atoms with Crippen molar-refractivity contribution in [3.05, 3.63) is 118 Å². The number of benzene rings is 2. The van der Waals surface area contributed by atoms with Crippen molar-refractivity contribution in [3.63, 3.8) is 0 Å². The van der Waals surface area contributed by atoms with Gasteiger partial charge in [-0.15, -0.1) is 0 Å². The Morgan fingerprint density at radius 2 is 1.84 bits per heavy atom. The molecular weight excluding hydrogens is 481 g/mol. The van der Waals surface area contributed by atoms with Crippen LogP contribution < -0.4 is 10.3 Å². The van der Waals surface area contributed by atoms with Gasteiger partial charge < -0.3 is 9.30 Å². The molecule has 2 aromatic carbocycles. The smallest absolute Gasteiger partial charge is 0.267 e. The number of imidazole rings is 1. The molecule has 0 unspecified atom stereocenters. The van der Waals surface area contributed by atoms with Crippen LogP contribution in [0.4, 0.5) is 4.39 Å². The van der Waals surface area contributed by atoms with E-state index in [-0.39, 0.29) is 17.9 Å². The summed E-state index contributed by atoms with van der Waals surface area (Å²) in [5.74, 6) is 0.989. The molecule has 0 radical (unpaired) electrons. The number of methoxy groups -OCH3 is 1. The van der Waals surface area contributed by atoms with Gasteiger partial charge in [0.2, 0.25) is 0 Å². The fraction of sp³-hybridized carbons (Fsp3) is 0.233. The van der Waals surface area contributed by atoms with E-state index >= 15 is 0 Å². The molecule has 0 aliphatic carbocycles. The summed E-state index contributed by atoms with van der Waals surface area (Å²) in [4.78, 5) is 25.2. The van der Waals surface area contributed by atoms with Crippen molar-refractivity contribution >= 4 is 5.65 Å². The van der Waals surface area contributed by atoms with E-state index in [1.165, 1.54) is 6.07 Å². The molecule has 3 heterocycles. The second-order valence-electron chi connectivity index (χ2n) is 9.35. The number of nitrogens with zero attached hydrogens (tertiary/aromatic N) is 5. The van der Waals surface area contributed by atoms with Crippen LogP contribution in [0.15, 0.2) is 83.9 Å². The molecule has 8 heteroatoms. The van der Waals surface area contributed by atoms with Crippen molar-refractivity contribution in [2.24, 2.45) is 0 Å². The van der Waals surface area contributed by atoms with Gasteiger partial charge in [0.15, 0.2) is 0 Å². The number of ether oxygens (including phenoxy) is 1. The molecule has 7 nitrogen and oxygen atoms in total. The third-order valence-corrected chi connectivity index (χ3v) is 6.81. The second-order valence-corrected chi connectivity index (χ2v) is 9.35. The summed E-state index contributed by atoms with van der Waals surface area (Å²) in [5, 5.41) is 0. The molecule has 0 saturated carbocycles. The zero-order chi connectivity index (χ0) is 26.6. The largest absolute Gasteiger partial charge is 0.497 e. The summed E-state index contributed by atoms with van der Waals surface area (Å²) in [6, 6.07) is 20.0. The summed E-state index contributed by atoms with van der Waals surface area (Å²) in [5.41, 5.74) is 4.00. The van der Waals surface area contributed by atoms with Crippen LogP contribution in [-0.2, 0) is 19.5 Å². The van der Waals surface area contributed by atoms with E-state index in [4.69, 9.17) is 4.74 Å². The number of likely N-dealkylation sites (N-methyl/N-ethyl adjacent to an activating group) is 1. The van der Waals surface area contributed by atoms with Crippen LogP contribution in [-0.4, -0.2) is 44.5 Å². The van der Waals surface area contributed by atoms with Crippen LogP contribution in [0.25, 0.3) is 16.8 Å². The summed E-state index contributed by atoms with van der Waals surface area (Å²) >= 11 is 0. The van der Waals surface area contributed by atoms with Crippen LogP contribution in [0.1, 0.15) is 22.8 Å². The first-order valence-corrected chi connectivity index (χ1v) is 12.5. The van der Waals surface area contributed by atoms with E-state index in [0.29, 0.717) is 34.9 Å². The van der Waals surface area contributed by atoms with Gasteiger partial charge in [-0.25, -0.2) is 13.8 Å². The first-order valence-electron chi connectivity index (χ1n) is 12.5. The summed E-state index contributed by atoms with van der Waals surface area (Å²) < 4.78 is 23.7. The Hall–Kier alpha value is -4.30. The molecular formula is C30H30FN5O2. The van der Waals surface area contributed by atoms with E-state index in [0.717, 1.165) is 29.9 Å². The van der Waals surface area contributed by atoms with Crippen molar-refractivity contribution in [2.75, 3.05) is 20.7 Å². The number of rotatable bonds is 9. The van der Waals surface area contributed by atoms with E-state index in [2.05, 4.69) is 14.9 Å². The van der Waals surface area contributed by atoms with E-state index in [1.54, 1.807) is 36.0 Å². The fourth-order valence-electron chi connectivity index (χ4n) is 4.76. The molecule has 38 heavy (non-hydrogen) atoms. The first-order chi connectivity index (χ1) is 18.5. The number of fused-ring (bicyclic) bond motifs is 1. The highest BCUT2D eigenvalue weighted by Gasteiger charge is 2.21. The predicted molar refractivity (Wildman–Crippen MR) is 146 cm³/mol. The van der Waals surface area contributed by atoms with E-state index in [1.807, 2.05) is 67.1 Å². The molecule has 3 aromatic heterocycles. The van der Waals surface area contributed by atoms with Crippen molar-refractivity contribution in [2.45, 2.75) is 26.4 Å². The van der Waals surface area contributed by atoms with Crippen LogP contribution in [0.2, 0.25) is 0 Å². The third-order valence-electron chi connectivity index (χ3n) is 6.81. The Morgan fingerprint density at radius 3 is 2.61 bits per heavy atom. The first kappa shape index (κ1) is 25.4. The van der Waals surface area contributed by atoms with Gasteiger partial charge in [0.25, 0.3) is 5.56 Å². The Morgan fingerprint density at radius 1 is 1.03 bits per heavy atom. The summed E-state index contributed by atoms with van der Waals surface area (Å²) in [6.07, 6.45) is 4.27. The molecule has 5 rings (SSSR count). The van der Waals surface area contributed by atoms with Gasteiger partial charge in [-0.2, -0.15) is 0 Å². The minimum atomic E-state index is -0.291. The van der Waals surface area contributed by atoms with Gasteiger partial charge in [0.1, 0.15) is 23.0 Å². The lowest BCUT2D eigenvalue weighted by Gasteiger charge is -2.19. The maximum atomic E-state index is 14.7. The zero-order valence-electron chi connectivity index (χ0n) is 21.8. The van der Waals surface area contributed by atoms with E-state index < -0.39 is 0 Å². The lowest BCUT2D eigenvalue weighted by molar-refractivity contribution is 0.320. The van der Waals surface area contributed by atoms with Crippen molar-refractivity contribution < 1.29 is 9.13 Å². The monoisotopic (exact) mass is 511 g/mol. The second kappa shape index (κ2) is 11.0. The Balaban J connectivity index is 1.60. The number of aromatic nitrogens is 4. The minimum Gasteiger partial charge on any atom is -0.497 e. The van der Waals surface area contributed by atoms with Crippen molar-refractivity contribution in [3.8, 4) is 16.9 Å². The Labute approximate surface area is 220 Å². The predicted octanol–water partition coefficient (Wildman–Crippen LogP) is 4.74. The molecule has 0 aliphatic heterocycles. The van der Waals surface area contributed by atoms with E-state index in [9.17, 15) is 9.18 Å². The summed E-state index contributed by atoms with van der Waals surface area (Å²) in [6.45, 7) is 3.38. The zero-order valence-corrected chi connectivity index (χ0v) is 21.8. The van der Waals surface area contributed by atoms with Gasteiger partial charge in [-0.3, -0.25) is 14.7 Å². The molecule has 194 valence electrons. The Bertz CT molecular complexity index is 1630. The number of halogens is 1. The topological polar surface area (TPSA) is 64.7 Å². The molecule has 0 bridgehead atoms. The molecule has 0 atom stereocenters. The minimum absolute atomic E-state index is 0.166. The maximum Gasteiger partial charge on any atom is 0.267 e. The highest BCUT2D eigenvalue weighted by molar-refractivity contribution is 5.68. The molecule has 0 N–H and O–H groups in total. The molecule has 0 fully saturated rings. The molecule has 0 aliphatic rings.